The Bertz CT molecular complexity index is 412. The van der Waals surface area contributed by atoms with Crippen LogP contribution in [0, 0.1) is 11.8 Å². The van der Waals surface area contributed by atoms with Crippen molar-refractivity contribution in [2.45, 2.75) is 12.8 Å². The van der Waals surface area contributed by atoms with E-state index < -0.39 is 19.7 Å². The Morgan fingerprint density at radius 2 is 1.81 bits per heavy atom. The van der Waals surface area contributed by atoms with Crippen LogP contribution in [-0.2, 0) is 19.7 Å². The quantitative estimate of drug-likeness (QED) is 0.737. The molecule has 5 nitrogen and oxygen atoms in total. The molecule has 0 bridgehead atoms. The molecule has 1 aliphatic heterocycles. The van der Waals surface area contributed by atoms with Crippen LogP contribution in [0.2, 0.25) is 0 Å². The van der Waals surface area contributed by atoms with Crippen LogP contribution in [0.5, 0.6) is 0 Å². The molecule has 0 aromatic carbocycles. The number of hydrogen-bond acceptors (Lipinski definition) is 5. The maximum atomic E-state index is 11.2. The first-order chi connectivity index (χ1) is 7.23. The highest BCUT2D eigenvalue weighted by atomic mass is 32.2. The van der Waals surface area contributed by atoms with Gasteiger partial charge < -0.3 is 5.73 Å². The van der Waals surface area contributed by atoms with Crippen LogP contribution in [0.4, 0.5) is 0 Å². The molecular weight excluding hydrogens is 250 g/mol. The Morgan fingerprint density at radius 1 is 1.31 bits per heavy atom. The van der Waals surface area contributed by atoms with Crippen molar-refractivity contribution in [3.63, 3.8) is 0 Å². The van der Waals surface area contributed by atoms with E-state index in [0.29, 0.717) is 19.4 Å². The van der Waals surface area contributed by atoms with Crippen molar-refractivity contribution in [2.75, 3.05) is 30.1 Å². The lowest BCUT2D eigenvalue weighted by Crippen LogP contribution is -2.35. The lowest BCUT2D eigenvalue weighted by atomic mass is 9.89. The predicted molar refractivity (Wildman–Crippen MR) is 63.6 cm³/mol. The number of hydrogen-bond donors (Lipinski definition) is 1. The molecule has 0 amide bonds. The van der Waals surface area contributed by atoms with Crippen molar-refractivity contribution < 1.29 is 16.8 Å². The summed E-state index contributed by atoms with van der Waals surface area (Å²) in [5.74, 6) is 0.415. The van der Waals surface area contributed by atoms with E-state index in [2.05, 4.69) is 0 Å². The van der Waals surface area contributed by atoms with Crippen LogP contribution in [0.15, 0.2) is 0 Å². The van der Waals surface area contributed by atoms with Gasteiger partial charge in [-0.05, 0) is 31.2 Å². The van der Waals surface area contributed by atoms with Gasteiger partial charge in [-0.2, -0.15) is 0 Å². The highest BCUT2D eigenvalue weighted by molar-refractivity contribution is 7.91. The SMILES string of the molecule is CS(=O)(=O)CC(CN)C1CCS(=O)(=O)CC1. The molecule has 1 atom stereocenters. The Balaban J connectivity index is 2.63. The van der Waals surface area contributed by atoms with Crippen molar-refractivity contribution >= 4 is 19.7 Å². The molecule has 0 spiro atoms. The van der Waals surface area contributed by atoms with Gasteiger partial charge in [0.05, 0.1) is 17.3 Å². The summed E-state index contributed by atoms with van der Waals surface area (Å²) in [7, 11) is -5.93. The summed E-state index contributed by atoms with van der Waals surface area (Å²) in [6.07, 6.45) is 2.27. The van der Waals surface area contributed by atoms with Crippen molar-refractivity contribution in [2.24, 2.45) is 17.6 Å². The molecule has 0 aromatic heterocycles. The van der Waals surface area contributed by atoms with Crippen molar-refractivity contribution in [3.8, 4) is 0 Å². The minimum atomic E-state index is -3.04. The van der Waals surface area contributed by atoms with Gasteiger partial charge in [0.1, 0.15) is 19.7 Å². The van der Waals surface area contributed by atoms with E-state index in [1.807, 2.05) is 0 Å². The first kappa shape index (κ1) is 13.9. The van der Waals surface area contributed by atoms with Gasteiger partial charge in [0.2, 0.25) is 0 Å². The Labute approximate surface area is 97.2 Å². The number of nitrogens with two attached hydrogens (primary N) is 1. The largest absolute Gasteiger partial charge is 0.330 e. The van der Waals surface area contributed by atoms with Crippen molar-refractivity contribution in [1.29, 1.82) is 0 Å². The maximum Gasteiger partial charge on any atom is 0.150 e. The van der Waals surface area contributed by atoms with E-state index in [1.165, 1.54) is 6.26 Å². The van der Waals surface area contributed by atoms with Gasteiger partial charge in [0.25, 0.3) is 0 Å². The minimum Gasteiger partial charge on any atom is -0.330 e. The summed E-state index contributed by atoms with van der Waals surface area (Å²) in [6.45, 7) is 0.303. The van der Waals surface area contributed by atoms with E-state index in [0.717, 1.165) is 0 Å². The third-order valence-electron chi connectivity index (χ3n) is 3.09. The molecule has 7 heteroatoms. The minimum absolute atomic E-state index is 0.0637. The average Bonchev–Trinajstić information content (AvgIpc) is 2.13. The van der Waals surface area contributed by atoms with Gasteiger partial charge in [0.15, 0.2) is 0 Å². The third kappa shape index (κ3) is 4.39. The van der Waals surface area contributed by atoms with Gasteiger partial charge in [-0.1, -0.05) is 0 Å². The van der Waals surface area contributed by atoms with E-state index in [4.69, 9.17) is 5.73 Å². The summed E-state index contributed by atoms with van der Waals surface area (Å²) in [5.41, 5.74) is 5.56. The van der Waals surface area contributed by atoms with Crippen LogP contribution in [0.3, 0.4) is 0 Å². The maximum absolute atomic E-state index is 11.2. The second-order valence-corrected chi connectivity index (χ2v) is 9.07. The van der Waals surface area contributed by atoms with Crippen LogP contribution >= 0.6 is 0 Å². The Morgan fingerprint density at radius 3 is 2.19 bits per heavy atom. The summed E-state index contributed by atoms with van der Waals surface area (Å²) >= 11 is 0. The lowest BCUT2D eigenvalue weighted by molar-refractivity contribution is 0.337. The molecule has 1 fully saturated rings. The summed E-state index contributed by atoms with van der Waals surface area (Å²) in [6, 6.07) is 0. The summed E-state index contributed by atoms with van der Waals surface area (Å²) < 4.78 is 44.9. The Hall–Kier alpha value is -0.140. The molecule has 0 radical (unpaired) electrons. The van der Waals surface area contributed by atoms with E-state index in [9.17, 15) is 16.8 Å². The molecule has 1 aliphatic rings. The molecule has 1 rings (SSSR count). The molecule has 1 saturated heterocycles. The summed E-state index contributed by atoms with van der Waals surface area (Å²) in [5, 5.41) is 0. The molecule has 0 aromatic rings. The monoisotopic (exact) mass is 269 g/mol. The Kier molecular flexibility index (Phi) is 4.36. The fraction of sp³-hybridized carbons (Fsp3) is 1.00. The van der Waals surface area contributed by atoms with Crippen molar-refractivity contribution in [1.82, 2.24) is 0 Å². The molecule has 0 saturated carbocycles. The second-order valence-electron chi connectivity index (χ2n) is 4.58. The predicted octanol–water partition coefficient (Wildman–Crippen LogP) is -0.569. The van der Waals surface area contributed by atoms with Gasteiger partial charge in [-0.3, -0.25) is 0 Å². The van der Waals surface area contributed by atoms with Gasteiger partial charge in [-0.25, -0.2) is 16.8 Å². The van der Waals surface area contributed by atoms with Crippen LogP contribution in [0.1, 0.15) is 12.8 Å². The molecule has 1 unspecified atom stereocenters. The smallest absolute Gasteiger partial charge is 0.150 e. The van der Waals surface area contributed by atoms with Gasteiger partial charge >= 0.3 is 0 Å². The van der Waals surface area contributed by atoms with Gasteiger partial charge in [0, 0.05) is 6.26 Å². The van der Waals surface area contributed by atoms with E-state index >= 15 is 0 Å². The first-order valence-corrected chi connectivity index (χ1v) is 9.20. The normalized spacial score (nSPS) is 24.1. The molecular formula is C9H19NO4S2. The van der Waals surface area contributed by atoms with Crippen LogP contribution in [0.25, 0.3) is 0 Å². The lowest BCUT2D eigenvalue weighted by Gasteiger charge is -2.28. The molecule has 16 heavy (non-hydrogen) atoms. The molecule has 1 heterocycles. The molecule has 0 aliphatic carbocycles. The zero-order chi connectivity index (χ0) is 12.4. The molecule has 2 N–H and O–H groups in total. The zero-order valence-corrected chi connectivity index (χ0v) is 11.1. The fourth-order valence-electron chi connectivity index (χ4n) is 2.17. The highest BCUT2D eigenvalue weighted by Crippen LogP contribution is 2.26. The highest BCUT2D eigenvalue weighted by Gasteiger charge is 2.30. The first-order valence-electron chi connectivity index (χ1n) is 5.32. The van der Waals surface area contributed by atoms with Crippen LogP contribution < -0.4 is 5.73 Å². The average molecular weight is 269 g/mol. The third-order valence-corrected chi connectivity index (χ3v) is 5.83. The van der Waals surface area contributed by atoms with Crippen molar-refractivity contribution in [3.05, 3.63) is 0 Å². The number of rotatable bonds is 4. The molecule has 96 valence electrons. The topological polar surface area (TPSA) is 94.3 Å². The second kappa shape index (κ2) is 5.01. The van der Waals surface area contributed by atoms with E-state index in [1.54, 1.807) is 0 Å². The standard InChI is InChI=1S/C9H19NO4S2/c1-15(11,12)7-9(6-10)8-2-4-16(13,14)5-3-8/h8-9H,2-7,10H2,1H3. The van der Waals surface area contributed by atoms with E-state index in [-0.39, 0.29) is 29.1 Å². The fourth-order valence-corrected chi connectivity index (χ4v) is 4.88. The summed E-state index contributed by atoms with van der Waals surface area (Å²) in [4.78, 5) is 0. The zero-order valence-electron chi connectivity index (χ0n) is 9.42. The van der Waals surface area contributed by atoms with Gasteiger partial charge in [-0.15, -0.1) is 0 Å². The van der Waals surface area contributed by atoms with Crippen LogP contribution in [-0.4, -0.2) is 46.9 Å². The number of sulfone groups is 2.